The second-order valence-electron chi connectivity index (χ2n) is 6.65. The molecule has 0 bridgehead atoms. The SMILES string of the molecule is c1ccc(CN2C[C@@H]3CC[C@@H](NCc4cscn4)[C@@H]3C2)cc1. The minimum absolute atomic E-state index is 0.674. The molecule has 0 radical (unpaired) electrons. The van der Waals surface area contributed by atoms with Crippen LogP contribution in [0.2, 0.25) is 0 Å². The van der Waals surface area contributed by atoms with Gasteiger partial charge in [0.2, 0.25) is 0 Å². The summed E-state index contributed by atoms with van der Waals surface area (Å²) < 4.78 is 0. The molecule has 3 atom stereocenters. The molecule has 2 aromatic rings. The van der Waals surface area contributed by atoms with Crippen molar-refractivity contribution < 1.29 is 0 Å². The highest BCUT2D eigenvalue weighted by Gasteiger charge is 2.42. The van der Waals surface area contributed by atoms with E-state index in [1.54, 1.807) is 11.3 Å². The van der Waals surface area contributed by atoms with E-state index in [1.165, 1.54) is 37.2 Å². The van der Waals surface area contributed by atoms with Crippen LogP contribution >= 0.6 is 11.3 Å². The number of rotatable bonds is 5. The summed E-state index contributed by atoms with van der Waals surface area (Å²) in [7, 11) is 0. The summed E-state index contributed by atoms with van der Waals surface area (Å²) in [6.07, 6.45) is 2.71. The van der Waals surface area contributed by atoms with E-state index >= 15 is 0 Å². The van der Waals surface area contributed by atoms with Crippen molar-refractivity contribution in [2.24, 2.45) is 11.8 Å². The molecular weight excluding hydrogens is 290 g/mol. The van der Waals surface area contributed by atoms with Crippen molar-refractivity contribution in [3.05, 3.63) is 52.5 Å². The zero-order valence-electron chi connectivity index (χ0n) is 12.8. The van der Waals surface area contributed by atoms with Crippen LogP contribution in [0.1, 0.15) is 24.1 Å². The molecule has 1 saturated carbocycles. The van der Waals surface area contributed by atoms with E-state index in [9.17, 15) is 0 Å². The average Bonchev–Trinajstić information content (AvgIpc) is 3.24. The number of hydrogen-bond acceptors (Lipinski definition) is 4. The molecule has 1 N–H and O–H groups in total. The van der Waals surface area contributed by atoms with Crippen molar-refractivity contribution in [1.82, 2.24) is 15.2 Å². The van der Waals surface area contributed by atoms with Gasteiger partial charge in [-0.2, -0.15) is 0 Å². The van der Waals surface area contributed by atoms with Gasteiger partial charge < -0.3 is 5.32 Å². The first kappa shape index (κ1) is 14.4. The van der Waals surface area contributed by atoms with Crippen molar-refractivity contribution in [3.63, 3.8) is 0 Å². The van der Waals surface area contributed by atoms with Crippen LogP contribution < -0.4 is 5.32 Å². The molecule has 3 nitrogen and oxygen atoms in total. The van der Waals surface area contributed by atoms with Crippen molar-refractivity contribution >= 4 is 11.3 Å². The molecule has 1 aliphatic carbocycles. The first-order valence-corrected chi connectivity index (χ1v) is 9.19. The molecule has 2 heterocycles. The summed E-state index contributed by atoms with van der Waals surface area (Å²) in [6, 6.07) is 11.5. The number of nitrogens with one attached hydrogen (secondary N) is 1. The molecule has 0 spiro atoms. The Labute approximate surface area is 136 Å². The molecule has 22 heavy (non-hydrogen) atoms. The van der Waals surface area contributed by atoms with Crippen molar-refractivity contribution in [3.8, 4) is 0 Å². The highest BCUT2D eigenvalue weighted by atomic mass is 32.1. The van der Waals surface area contributed by atoms with Crippen molar-refractivity contribution in [2.45, 2.75) is 32.0 Å². The highest BCUT2D eigenvalue weighted by molar-refractivity contribution is 7.07. The summed E-state index contributed by atoms with van der Waals surface area (Å²) in [5.41, 5.74) is 4.55. The van der Waals surface area contributed by atoms with Gasteiger partial charge in [0.1, 0.15) is 0 Å². The van der Waals surface area contributed by atoms with Crippen LogP contribution in [0, 0.1) is 11.8 Å². The zero-order valence-corrected chi connectivity index (χ0v) is 13.6. The molecule has 2 fully saturated rings. The lowest BCUT2D eigenvalue weighted by molar-refractivity contribution is 0.288. The molecule has 1 saturated heterocycles. The van der Waals surface area contributed by atoms with Gasteiger partial charge >= 0.3 is 0 Å². The maximum absolute atomic E-state index is 4.38. The number of benzene rings is 1. The van der Waals surface area contributed by atoms with Crippen LogP contribution in [0.15, 0.2) is 41.2 Å². The standard InChI is InChI=1S/C18H23N3S/c1-2-4-14(5-3-1)9-21-10-15-6-7-18(17(15)11-21)19-8-16-12-22-13-20-16/h1-5,12-13,15,17-19H,6-11H2/t15-,17+,18+/m0/s1. The number of likely N-dealkylation sites (tertiary alicyclic amines) is 1. The average molecular weight is 313 g/mol. The molecule has 1 aliphatic heterocycles. The van der Waals surface area contributed by atoms with Crippen LogP contribution in [0.5, 0.6) is 0 Å². The largest absolute Gasteiger partial charge is 0.308 e. The fourth-order valence-electron chi connectivity index (χ4n) is 4.14. The van der Waals surface area contributed by atoms with Crippen LogP contribution in [-0.4, -0.2) is 29.0 Å². The number of aromatic nitrogens is 1. The molecule has 4 rings (SSSR count). The Hall–Kier alpha value is -1.23. The lowest BCUT2D eigenvalue weighted by Gasteiger charge is -2.21. The van der Waals surface area contributed by atoms with Crippen LogP contribution in [0.4, 0.5) is 0 Å². The first-order valence-electron chi connectivity index (χ1n) is 8.25. The van der Waals surface area contributed by atoms with Crippen LogP contribution in [0.25, 0.3) is 0 Å². The number of hydrogen-bond donors (Lipinski definition) is 1. The lowest BCUT2D eigenvalue weighted by Crippen LogP contribution is -2.35. The minimum Gasteiger partial charge on any atom is -0.308 e. The van der Waals surface area contributed by atoms with Gasteiger partial charge in [0.05, 0.1) is 11.2 Å². The van der Waals surface area contributed by atoms with Gasteiger partial charge in [-0.15, -0.1) is 11.3 Å². The molecule has 116 valence electrons. The highest BCUT2D eigenvalue weighted by Crippen LogP contribution is 2.38. The fraction of sp³-hybridized carbons (Fsp3) is 0.500. The maximum Gasteiger partial charge on any atom is 0.0795 e. The maximum atomic E-state index is 4.38. The summed E-state index contributed by atoms with van der Waals surface area (Å²) in [4.78, 5) is 7.02. The zero-order chi connectivity index (χ0) is 14.8. The predicted octanol–water partition coefficient (Wildman–Crippen LogP) is 3.14. The summed E-state index contributed by atoms with van der Waals surface area (Å²) in [6.45, 7) is 4.55. The van der Waals surface area contributed by atoms with E-state index in [0.29, 0.717) is 6.04 Å². The van der Waals surface area contributed by atoms with Crippen LogP contribution in [0.3, 0.4) is 0 Å². The second kappa shape index (κ2) is 6.49. The topological polar surface area (TPSA) is 28.2 Å². The Balaban J connectivity index is 1.33. The molecule has 0 unspecified atom stereocenters. The third-order valence-corrected chi connectivity index (χ3v) is 5.85. The predicted molar refractivity (Wildman–Crippen MR) is 90.7 cm³/mol. The number of nitrogens with zero attached hydrogens (tertiary/aromatic N) is 2. The molecule has 2 aliphatic rings. The van der Waals surface area contributed by atoms with Gasteiger partial charge in [-0.05, 0) is 30.2 Å². The molecule has 0 amide bonds. The molecule has 1 aromatic carbocycles. The second-order valence-corrected chi connectivity index (χ2v) is 7.37. The molecular formula is C18H23N3S. The normalized spacial score (nSPS) is 28.1. The summed E-state index contributed by atoms with van der Waals surface area (Å²) >= 11 is 1.68. The van der Waals surface area contributed by atoms with E-state index in [2.05, 4.69) is 50.9 Å². The lowest BCUT2D eigenvalue weighted by atomic mass is 9.98. The Morgan fingerprint density at radius 1 is 1.18 bits per heavy atom. The smallest absolute Gasteiger partial charge is 0.0795 e. The molecule has 1 aromatic heterocycles. The Morgan fingerprint density at radius 3 is 2.91 bits per heavy atom. The van der Waals surface area contributed by atoms with Crippen LogP contribution in [-0.2, 0) is 13.1 Å². The van der Waals surface area contributed by atoms with Gasteiger partial charge in [-0.1, -0.05) is 30.3 Å². The van der Waals surface area contributed by atoms with Crippen molar-refractivity contribution in [1.29, 1.82) is 0 Å². The number of fused-ring (bicyclic) bond motifs is 1. The van der Waals surface area contributed by atoms with Crippen molar-refractivity contribution in [2.75, 3.05) is 13.1 Å². The first-order chi connectivity index (χ1) is 10.9. The third-order valence-electron chi connectivity index (χ3n) is 5.21. The van der Waals surface area contributed by atoms with E-state index in [4.69, 9.17) is 0 Å². The third kappa shape index (κ3) is 3.09. The Bertz CT molecular complexity index is 584. The van der Waals surface area contributed by atoms with Gasteiger partial charge in [0.15, 0.2) is 0 Å². The molecule has 4 heteroatoms. The van der Waals surface area contributed by atoms with E-state index in [0.717, 1.165) is 24.9 Å². The summed E-state index contributed by atoms with van der Waals surface area (Å²) in [5, 5.41) is 5.91. The number of thiazole rings is 1. The quantitative estimate of drug-likeness (QED) is 0.919. The minimum atomic E-state index is 0.674. The van der Waals surface area contributed by atoms with Gasteiger partial charge in [-0.3, -0.25) is 4.90 Å². The van der Waals surface area contributed by atoms with E-state index in [-0.39, 0.29) is 0 Å². The van der Waals surface area contributed by atoms with Gasteiger partial charge in [0.25, 0.3) is 0 Å². The fourth-order valence-corrected chi connectivity index (χ4v) is 4.70. The summed E-state index contributed by atoms with van der Waals surface area (Å²) in [5.74, 6) is 1.71. The Kier molecular flexibility index (Phi) is 4.24. The van der Waals surface area contributed by atoms with Gasteiger partial charge in [-0.25, -0.2) is 4.98 Å². The Morgan fingerprint density at radius 2 is 2.09 bits per heavy atom. The van der Waals surface area contributed by atoms with E-state index in [1.807, 2.05) is 5.51 Å². The van der Waals surface area contributed by atoms with E-state index < -0.39 is 0 Å². The van der Waals surface area contributed by atoms with Gasteiger partial charge in [0, 0.05) is 37.6 Å². The monoisotopic (exact) mass is 313 g/mol.